The smallest absolute Gasteiger partial charge is 0.321 e. The van der Waals surface area contributed by atoms with E-state index in [2.05, 4.69) is 20.8 Å². The average Bonchev–Trinajstić information content (AvgIpc) is 3.21. The summed E-state index contributed by atoms with van der Waals surface area (Å²) in [5.41, 5.74) is 1.31. The van der Waals surface area contributed by atoms with E-state index in [1.807, 2.05) is 0 Å². The molecule has 2 heterocycles. The normalized spacial score (nSPS) is 16.9. The van der Waals surface area contributed by atoms with Gasteiger partial charge in [0.15, 0.2) is 0 Å². The first-order valence-electron chi connectivity index (χ1n) is 8.72. The largest absolute Gasteiger partial charge is 0.497 e. The molecule has 1 aromatic carbocycles. The van der Waals surface area contributed by atoms with Crippen LogP contribution >= 0.6 is 0 Å². The highest BCUT2D eigenvalue weighted by molar-refractivity contribution is 5.89. The third kappa shape index (κ3) is 4.69. The second kappa shape index (κ2) is 8.61. The maximum absolute atomic E-state index is 12.5. The van der Waals surface area contributed by atoms with E-state index in [-0.39, 0.29) is 12.1 Å². The van der Waals surface area contributed by atoms with Crippen molar-refractivity contribution in [2.75, 3.05) is 32.6 Å². The number of aromatic nitrogens is 4. The summed E-state index contributed by atoms with van der Waals surface area (Å²) in [4.78, 5) is 14.1. The van der Waals surface area contributed by atoms with E-state index >= 15 is 0 Å². The van der Waals surface area contributed by atoms with Crippen molar-refractivity contribution in [2.24, 2.45) is 0 Å². The van der Waals surface area contributed by atoms with Gasteiger partial charge in [0.05, 0.1) is 18.9 Å². The monoisotopic (exact) mass is 360 g/mol. The fraction of sp³-hybridized carbons (Fsp3) is 0.529. The van der Waals surface area contributed by atoms with E-state index in [1.165, 1.54) is 17.4 Å². The molecule has 1 fully saturated rings. The van der Waals surface area contributed by atoms with Gasteiger partial charge in [-0.15, -0.1) is 5.10 Å². The van der Waals surface area contributed by atoms with E-state index < -0.39 is 0 Å². The van der Waals surface area contributed by atoms with Crippen LogP contribution in [0.5, 0.6) is 5.75 Å². The first-order chi connectivity index (χ1) is 12.7. The first kappa shape index (κ1) is 18.1. The number of carbonyl (C=O) groups excluding carboxylic acids is 1. The molecule has 9 nitrogen and oxygen atoms in total. The number of urea groups is 1. The molecule has 140 valence electrons. The van der Waals surface area contributed by atoms with Crippen molar-refractivity contribution in [3.05, 3.63) is 24.5 Å². The molecule has 2 aromatic rings. The number of anilines is 1. The molecule has 1 aliphatic heterocycles. The standard InChI is InChI=1S/C17H24N6O3/c1-22(7-6-15-5-3-4-8-26-15)17(24)19-13-9-14(11-16(10-13)25-2)23-12-18-20-21-23/h9-12,15H,3-8H2,1-2H3,(H,19,24). The highest BCUT2D eigenvalue weighted by Gasteiger charge is 2.17. The number of amides is 2. The minimum atomic E-state index is -0.184. The summed E-state index contributed by atoms with van der Waals surface area (Å²) in [7, 11) is 3.35. The third-order valence-corrected chi connectivity index (χ3v) is 4.40. The maximum Gasteiger partial charge on any atom is 0.321 e. The number of tetrazole rings is 1. The zero-order chi connectivity index (χ0) is 18.4. The lowest BCUT2D eigenvalue weighted by Gasteiger charge is -2.25. The number of carbonyl (C=O) groups is 1. The number of hydrogen-bond donors (Lipinski definition) is 1. The Hall–Kier alpha value is -2.68. The molecular weight excluding hydrogens is 336 g/mol. The minimum Gasteiger partial charge on any atom is -0.497 e. The zero-order valence-corrected chi connectivity index (χ0v) is 15.1. The van der Waals surface area contributed by atoms with Crippen LogP contribution < -0.4 is 10.1 Å². The lowest BCUT2D eigenvalue weighted by atomic mass is 10.1. The summed E-state index contributed by atoms with van der Waals surface area (Å²) in [5, 5.41) is 14.0. The van der Waals surface area contributed by atoms with Crippen molar-refractivity contribution >= 4 is 11.7 Å². The number of ether oxygens (including phenoxy) is 2. The van der Waals surface area contributed by atoms with Crippen LogP contribution in [-0.4, -0.2) is 64.6 Å². The van der Waals surface area contributed by atoms with Crippen molar-refractivity contribution in [3.63, 3.8) is 0 Å². The van der Waals surface area contributed by atoms with E-state index in [0.29, 0.717) is 23.7 Å². The Bertz CT molecular complexity index is 715. The van der Waals surface area contributed by atoms with Crippen LogP contribution in [0.3, 0.4) is 0 Å². The third-order valence-electron chi connectivity index (χ3n) is 4.40. The van der Waals surface area contributed by atoms with Crippen molar-refractivity contribution in [1.29, 1.82) is 0 Å². The Labute approximate surface area is 152 Å². The van der Waals surface area contributed by atoms with Gasteiger partial charge in [-0.05, 0) is 42.2 Å². The number of nitrogens with one attached hydrogen (secondary N) is 1. The quantitative estimate of drug-likeness (QED) is 0.848. The lowest BCUT2D eigenvalue weighted by Crippen LogP contribution is -2.34. The van der Waals surface area contributed by atoms with Gasteiger partial charge in [-0.2, -0.15) is 0 Å². The van der Waals surface area contributed by atoms with Gasteiger partial charge in [-0.1, -0.05) is 0 Å². The topological polar surface area (TPSA) is 94.4 Å². The van der Waals surface area contributed by atoms with Gasteiger partial charge in [0.2, 0.25) is 0 Å². The molecule has 1 N–H and O–H groups in total. The van der Waals surface area contributed by atoms with Gasteiger partial charge >= 0.3 is 6.03 Å². The molecule has 0 aliphatic carbocycles. The molecule has 1 aromatic heterocycles. The van der Waals surface area contributed by atoms with E-state index in [9.17, 15) is 4.79 Å². The zero-order valence-electron chi connectivity index (χ0n) is 15.1. The summed E-state index contributed by atoms with van der Waals surface area (Å²) in [6.07, 6.45) is 5.98. The van der Waals surface area contributed by atoms with Crippen LogP contribution in [-0.2, 0) is 4.74 Å². The number of benzene rings is 1. The highest BCUT2D eigenvalue weighted by atomic mass is 16.5. The van der Waals surface area contributed by atoms with Gasteiger partial charge in [0, 0.05) is 38.0 Å². The van der Waals surface area contributed by atoms with Crippen LogP contribution in [0.15, 0.2) is 24.5 Å². The maximum atomic E-state index is 12.5. The molecule has 0 bridgehead atoms. The molecule has 2 amide bonds. The molecule has 1 saturated heterocycles. The van der Waals surface area contributed by atoms with Crippen molar-refractivity contribution in [2.45, 2.75) is 31.8 Å². The molecule has 26 heavy (non-hydrogen) atoms. The van der Waals surface area contributed by atoms with Gasteiger partial charge in [0.1, 0.15) is 12.1 Å². The Balaban J connectivity index is 1.61. The van der Waals surface area contributed by atoms with Crippen molar-refractivity contribution in [3.8, 4) is 11.4 Å². The summed E-state index contributed by atoms with van der Waals surface area (Å²) >= 11 is 0. The fourth-order valence-corrected chi connectivity index (χ4v) is 2.88. The van der Waals surface area contributed by atoms with Crippen molar-refractivity contribution in [1.82, 2.24) is 25.1 Å². The molecule has 1 atom stereocenters. The highest BCUT2D eigenvalue weighted by Crippen LogP contribution is 2.23. The number of nitrogens with zero attached hydrogens (tertiary/aromatic N) is 5. The number of methoxy groups -OCH3 is 1. The van der Waals surface area contributed by atoms with Gasteiger partial charge in [0.25, 0.3) is 0 Å². The van der Waals surface area contributed by atoms with E-state index in [0.717, 1.165) is 25.9 Å². The number of rotatable bonds is 6. The summed E-state index contributed by atoms with van der Waals surface area (Å²) < 4.78 is 12.5. The Morgan fingerprint density at radius 2 is 2.31 bits per heavy atom. The second-order valence-electron chi connectivity index (χ2n) is 6.30. The van der Waals surface area contributed by atoms with Gasteiger partial charge in [-0.25, -0.2) is 9.48 Å². The Morgan fingerprint density at radius 1 is 1.42 bits per heavy atom. The molecule has 9 heteroatoms. The van der Waals surface area contributed by atoms with Crippen molar-refractivity contribution < 1.29 is 14.3 Å². The molecule has 0 spiro atoms. The summed E-state index contributed by atoms with van der Waals surface area (Å²) in [5.74, 6) is 0.603. The van der Waals surface area contributed by atoms with Crippen LogP contribution in [0.25, 0.3) is 5.69 Å². The molecule has 1 unspecified atom stereocenters. The Kier molecular flexibility index (Phi) is 6.00. The summed E-state index contributed by atoms with van der Waals surface area (Å²) in [6.45, 7) is 1.46. The Morgan fingerprint density at radius 3 is 3.00 bits per heavy atom. The molecule has 0 saturated carbocycles. The predicted molar refractivity (Wildman–Crippen MR) is 95.6 cm³/mol. The number of hydrogen-bond acceptors (Lipinski definition) is 6. The average molecular weight is 360 g/mol. The minimum absolute atomic E-state index is 0.184. The SMILES string of the molecule is COc1cc(NC(=O)N(C)CCC2CCCCO2)cc(-n2cnnn2)c1. The van der Waals surface area contributed by atoms with Crippen LogP contribution in [0.1, 0.15) is 25.7 Å². The molecule has 1 aliphatic rings. The molecule has 3 rings (SSSR count). The van der Waals surface area contributed by atoms with Crippen LogP contribution in [0.4, 0.5) is 10.5 Å². The van der Waals surface area contributed by atoms with Gasteiger partial charge < -0.3 is 19.7 Å². The van der Waals surface area contributed by atoms with Crippen LogP contribution in [0, 0.1) is 0 Å². The molecule has 0 radical (unpaired) electrons. The first-order valence-corrected chi connectivity index (χ1v) is 8.72. The van der Waals surface area contributed by atoms with Crippen LogP contribution in [0.2, 0.25) is 0 Å². The lowest BCUT2D eigenvalue weighted by molar-refractivity contribution is 0.00848. The van der Waals surface area contributed by atoms with E-state index in [1.54, 1.807) is 37.3 Å². The second-order valence-corrected chi connectivity index (χ2v) is 6.30. The van der Waals surface area contributed by atoms with Gasteiger partial charge in [-0.3, -0.25) is 0 Å². The van der Waals surface area contributed by atoms with E-state index in [4.69, 9.17) is 9.47 Å². The summed E-state index contributed by atoms with van der Waals surface area (Å²) in [6, 6.07) is 5.14. The predicted octanol–water partition coefficient (Wildman–Crippen LogP) is 2.09. The molecular formula is C17H24N6O3. The fourth-order valence-electron chi connectivity index (χ4n) is 2.88.